The molecule has 1 aromatic heterocycles. The number of benzene rings is 2. The number of nitro benzene ring substituents is 1. The summed E-state index contributed by atoms with van der Waals surface area (Å²) in [6.07, 6.45) is 3.69. The summed E-state index contributed by atoms with van der Waals surface area (Å²) in [5.74, 6) is 0. The van der Waals surface area contributed by atoms with E-state index in [1.54, 1.807) is 12.1 Å². The van der Waals surface area contributed by atoms with Crippen molar-refractivity contribution in [2.45, 2.75) is 6.92 Å². The van der Waals surface area contributed by atoms with Gasteiger partial charge in [-0.2, -0.15) is 0 Å². The van der Waals surface area contributed by atoms with Crippen LogP contribution in [0.1, 0.15) is 12.6 Å². The molecule has 0 bridgehead atoms. The third-order valence-corrected chi connectivity index (χ3v) is 5.01. The Morgan fingerprint density at radius 1 is 1.16 bits per heavy atom. The number of nitrogens with zero attached hydrogens (tertiary/aromatic N) is 3. The Labute approximate surface area is 151 Å². The molecule has 3 aromatic rings. The second kappa shape index (κ2) is 5.60. The highest BCUT2D eigenvalue weighted by atomic mass is 79.9. The second-order valence-corrected chi connectivity index (χ2v) is 6.62. The maximum atomic E-state index is 11.0. The zero-order valence-corrected chi connectivity index (χ0v) is 14.9. The minimum atomic E-state index is -0.423. The van der Waals surface area contributed by atoms with Crippen LogP contribution in [0.4, 0.5) is 5.69 Å². The topological polar surface area (TPSA) is 68.9 Å². The van der Waals surface area contributed by atoms with Crippen molar-refractivity contribution in [1.82, 2.24) is 9.97 Å². The van der Waals surface area contributed by atoms with Crippen LogP contribution in [0, 0.1) is 10.1 Å². The minimum absolute atomic E-state index is 0.0113. The van der Waals surface area contributed by atoms with Crippen LogP contribution in [0.3, 0.4) is 0 Å². The Kier molecular flexibility index (Phi) is 3.51. The van der Waals surface area contributed by atoms with Crippen molar-refractivity contribution in [2.75, 3.05) is 0 Å². The first-order valence-electron chi connectivity index (χ1n) is 7.60. The molecule has 5 nitrogen and oxygen atoms in total. The molecular weight excluding hydrogens is 382 g/mol. The monoisotopic (exact) mass is 393 g/mol. The van der Waals surface area contributed by atoms with Crippen molar-refractivity contribution in [3.05, 3.63) is 73.7 Å². The van der Waals surface area contributed by atoms with Crippen LogP contribution in [0.5, 0.6) is 0 Å². The van der Waals surface area contributed by atoms with Gasteiger partial charge in [0.15, 0.2) is 0 Å². The fourth-order valence-electron chi connectivity index (χ4n) is 3.20. The number of hydrogen-bond donors (Lipinski definition) is 0. The summed E-state index contributed by atoms with van der Waals surface area (Å²) in [5.41, 5.74) is 4.75. The highest BCUT2D eigenvalue weighted by molar-refractivity contribution is 9.10. The SMILES string of the molecule is C=C/C=c1/c(Br)ccc2c1=C(C)c1nc3ccc([N+](=O)[O-])cc3nc1-2. The lowest BCUT2D eigenvalue weighted by Gasteiger charge is -2.04. The van der Waals surface area contributed by atoms with E-state index >= 15 is 0 Å². The lowest BCUT2D eigenvalue weighted by atomic mass is 10.1. The highest BCUT2D eigenvalue weighted by Crippen LogP contribution is 2.31. The summed E-state index contributed by atoms with van der Waals surface area (Å²) in [4.78, 5) is 20.0. The van der Waals surface area contributed by atoms with E-state index in [9.17, 15) is 10.1 Å². The predicted molar refractivity (Wildman–Crippen MR) is 101 cm³/mol. The molecule has 122 valence electrons. The van der Waals surface area contributed by atoms with Gasteiger partial charge in [0.25, 0.3) is 5.69 Å². The number of aromatic nitrogens is 2. The van der Waals surface area contributed by atoms with Gasteiger partial charge in [0, 0.05) is 22.2 Å². The Bertz CT molecular complexity index is 1220. The molecule has 0 unspecified atom stereocenters. The number of allylic oxidation sites excluding steroid dienone is 1. The third kappa shape index (κ3) is 2.29. The van der Waals surface area contributed by atoms with Gasteiger partial charge in [0.05, 0.1) is 27.3 Å². The van der Waals surface area contributed by atoms with Gasteiger partial charge in [-0.25, -0.2) is 9.97 Å². The van der Waals surface area contributed by atoms with Gasteiger partial charge < -0.3 is 0 Å². The maximum absolute atomic E-state index is 11.0. The van der Waals surface area contributed by atoms with Crippen molar-refractivity contribution >= 4 is 44.3 Å². The quantitative estimate of drug-likeness (QED) is 0.493. The summed E-state index contributed by atoms with van der Waals surface area (Å²) >= 11 is 3.58. The lowest BCUT2D eigenvalue weighted by Crippen LogP contribution is -2.27. The van der Waals surface area contributed by atoms with Crippen LogP contribution in [0.2, 0.25) is 0 Å². The zero-order chi connectivity index (χ0) is 17.7. The number of halogens is 1. The van der Waals surface area contributed by atoms with Crippen molar-refractivity contribution in [3.63, 3.8) is 0 Å². The molecule has 0 atom stereocenters. The third-order valence-electron chi connectivity index (χ3n) is 4.32. The van der Waals surface area contributed by atoms with Crippen LogP contribution in [-0.2, 0) is 0 Å². The number of nitro groups is 1. The van der Waals surface area contributed by atoms with E-state index in [4.69, 9.17) is 4.98 Å². The predicted octanol–water partition coefficient (Wildman–Crippen LogP) is 3.47. The molecule has 0 saturated heterocycles. The number of hydrogen-bond acceptors (Lipinski definition) is 4. The van der Waals surface area contributed by atoms with Crippen LogP contribution in [0.25, 0.3) is 33.9 Å². The van der Waals surface area contributed by atoms with Gasteiger partial charge in [0.1, 0.15) is 0 Å². The molecule has 4 rings (SSSR count). The van der Waals surface area contributed by atoms with Gasteiger partial charge in [-0.15, -0.1) is 0 Å². The van der Waals surface area contributed by atoms with E-state index in [1.807, 2.05) is 25.1 Å². The number of non-ortho nitro benzene ring substituents is 1. The second-order valence-electron chi connectivity index (χ2n) is 5.76. The first kappa shape index (κ1) is 15.7. The Morgan fingerprint density at radius 3 is 2.64 bits per heavy atom. The molecule has 25 heavy (non-hydrogen) atoms. The highest BCUT2D eigenvalue weighted by Gasteiger charge is 2.23. The van der Waals surface area contributed by atoms with Crippen molar-refractivity contribution in [1.29, 1.82) is 0 Å². The summed E-state index contributed by atoms with van der Waals surface area (Å²) in [5, 5.41) is 13.1. The van der Waals surface area contributed by atoms with E-state index in [0.29, 0.717) is 11.0 Å². The molecule has 1 heterocycles. The first-order chi connectivity index (χ1) is 12.0. The van der Waals surface area contributed by atoms with E-state index in [2.05, 4.69) is 27.5 Å². The Balaban J connectivity index is 2.10. The molecule has 0 radical (unpaired) electrons. The van der Waals surface area contributed by atoms with Crippen molar-refractivity contribution in [2.24, 2.45) is 0 Å². The molecule has 1 aliphatic rings. The lowest BCUT2D eigenvalue weighted by molar-refractivity contribution is -0.384. The molecule has 0 aliphatic heterocycles. The summed E-state index contributed by atoms with van der Waals surface area (Å²) in [7, 11) is 0. The molecule has 1 aliphatic carbocycles. The van der Waals surface area contributed by atoms with E-state index in [0.717, 1.165) is 37.4 Å². The van der Waals surface area contributed by atoms with Gasteiger partial charge in [-0.1, -0.05) is 40.7 Å². The van der Waals surface area contributed by atoms with E-state index in [-0.39, 0.29) is 5.69 Å². The summed E-state index contributed by atoms with van der Waals surface area (Å²) in [6, 6.07) is 8.52. The number of rotatable bonds is 2. The van der Waals surface area contributed by atoms with E-state index in [1.165, 1.54) is 12.1 Å². The fourth-order valence-corrected chi connectivity index (χ4v) is 3.66. The standard InChI is InChI=1S/C19H12BrN3O2/c1-3-4-12-14(20)7-6-13-17(12)10(2)18-19(13)22-16-9-11(23(24)25)5-8-15(16)21-18/h3-9H,1H2,2H3/b12-4-. The Hall–Kier alpha value is -2.86. The summed E-state index contributed by atoms with van der Waals surface area (Å²) < 4.78 is 0.971. The molecule has 2 aromatic carbocycles. The first-order valence-corrected chi connectivity index (χ1v) is 8.39. The zero-order valence-electron chi connectivity index (χ0n) is 13.3. The summed E-state index contributed by atoms with van der Waals surface area (Å²) in [6.45, 7) is 5.80. The molecule has 0 saturated carbocycles. The number of fused-ring (bicyclic) bond motifs is 4. The maximum Gasteiger partial charge on any atom is 0.271 e. The smallest absolute Gasteiger partial charge is 0.258 e. The van der Waals surface area contributed by atoms with Crippen LogP contribution < -0.4 is 10.4 Å². The van der Waals surface area contributed by atoms with Gasteiger partial charge in [0.2, 0.25) is 0 Å². The van der Waals surface area contributed by atoms with Gasteiger partial charge in [-0.3, -0.25) is 10.1 Å². The Morgan fingerprint density at radius 2 is 1.92 bits per heavy atom. The molecular formula is C19H12BrN3O2. The minimum Gasteiger partial charge on any atom is -0.258 e. The molecule has 0 N–H and O–H groups in total. The van der Waals surface area contributed by atoms with Crippen molar-refractivity contribution < 1.29 is 4.92 Å². The average Bonchev–Trinajstić information content (AvgIpc) is 2.87. The molecule has 0 amide bonds. The van der Waals surface area contributed by atoms with Crippen LogP contribution >= 0.6 is 15.9 Å². The van der Waals surface area contributed by atoms with Gasteiger partial charge >= 0.3 is 0 Å². The van der Waals surface area contributed by atoms with Crippen LogP contribution in [-0.4, -0.2) is 14.9 Å². The van der Waals surface area contributed by atoms with E-state index < -0.39 is 4.92 Å². The average molecular weight is 394 g/mol. The fraction of sp³-hybridized carbons (Fsp3) is 0.0526. The normalized spacial score (nSPS) is 13.0. The largest absolute Gasteiger partial charge is 0.271 e. The van der Waals surface area contributed by atoms with Crippen LogP contribution in [0.15, 0.2) is 47.5 Å². The van der Waals surface area contributed by atoms with Gasteiger partial charge in [-0.05, 0) is 35.1 Å². The van der Waals surface area contributed by atoms with Crippen molar-refractivity contribution in [3.8, 4) is 11.3 Å². The molecule has 0 fully saturated rings. The molecule has 0 spiro atoms. The molecule has 6 heteroatoms.